The van der Waals surface area contributed by atoms with Gasteiger partial charge in [-0.25, -0.2) is 4.99 Å². The summed E-state index contributed by atoms with van der Waals surface area (Å²) in [5.74, 6) is 1.46. The first-order valence-corrected chi connectivity index (χ1v) is 10.5. The maximum absolute atomic E-state index is 12.9. The fourth-order valence-corrected chi connectivity index (χ4v) is 3.54. The van der Waals surface area contributed by atoms with E-state index >= 15 is 0 Å². The van der Waals surface area contributed by atoms with Crippen molar-refractivity contribution in [2.24, 2.45) is 12.0 Å². The summed E-state index contributed by atoms with van der Waals surface area (Å²) in [6.45, 7) is 7.32. The maximum atomic E-state index is 12.9. The second-order valence-electron chi connectivity index (χ2n) is 7.74. The molecule has 166 valence electrons. The van der Waals surface area contributed by atoms with Crippen LogP contribution in [0.25, 0.3) is 0 Å². The molecule has 0 bridgehead atoms. The molecule has 2 heterocycles. The van der Waals surface area contributed by atoms with Crippen molar-refractivity contribution < 1.29 is 14.3 Å². The van der Waals surface area contributed by atoms with Gasteiger partial charge in [0.05, 0.1) is 12.2 Å². The summed E-state index contributed by atoms with van der Waals surface area (Å²) in [6.07, 6.45) is 0. The summed E-state index contributed by atoms with van der Waals surface area (Å²) in [6, 6.07) is 13.0. The van der Waals surface area contributed by atoms with Crippen molar-refractivity contribution in [1.82, 2.24) is 15.1 Å². The molecule has 2 N–H and O–H groups in total. The predicted octanol–water partition coefficient (Wildman–Crippen LogP) is 3.51. The molecule has 0 spiro atoms. The van der Waals surface area contributed by atoms with Gasteiger partial charge in [0, 0.05) is 35.6 Å². The minimum absolute atomic E-state index is 0.239. The average Bonchev–Trinajstić information content (AvgIpc) is 3.02. The van der Waals surface area contributed by atoms with Crippen LogP contribution in [0, 0.1) is 20.8 Å². The van der Waals surface area contributed by atoms with Crippen molar-refractivity contribution in [3.63, 3.8) is 0 Å². The number of fused-ring (bicyclic) bond motifs is 1. The Hall–Kier alpha value is -3.81. The Kier molecular flexibility index (Phi) is 6.11. The molecular weight excluding hydrogens is 406 g/mol. The van der Waals surface area contributed by atoms with E-state index in [4.69, 9.17) is 9.47 Å². The van der Waals surface area contributed by atoms with E-state index in [9.17, 15) is 4.79 Å². The predicted molar refractivity (Wildman–Crippen MR) is 124 cm³/mol. The van der Waals surface area contributed by atoms with Crippen molar-refractivity contribution in [2.75, 3.05) is 18.5 Å². The molecule has 4 rings (SSSR count). The minimum atomic E-state index is -0.239. The fraction of sp³-hybridized carbons (Fsp3) is 0.292. The highest BCUT2D eigenvalue weighted by molar-refractivity contribution is 6.10. The minimum Gasteiger partial charge on any atom is -0.486 e. The Balaban J connectivity index is 1.60. The quantitative estimate of drug-likeness (QED) is 0.485. The third kappa shape index (κ3) is 4.74. The molecule has 8 nitrogen and oxygen atoms in total. The number of ether oxygens (including phenoxy) is 2. The van der Waals surface area contributed by atoms with Crippen LogP contribution in [0.1, 0.15) is 32.9 Å². The number of aliphatic imine (C=N–C) groups is 1. The second-order valence-corrected chi connectivity index (χ2v) is 7.74. The van der Waals surface area contributed by atoms with Gasteiger partial charge in [-0.1, -0.05) is 17.7 Å². The number of benzene rings is 2. The maximum Gasteiger partial charge on any atom is 0.257 e. The van der Waals surface area contributed by atoms with Crippen LogP contribution in [-0.2, 0) is 13.6 Å². The smallest absolute Gasteiger partial charge is 0.257 e. The zero-order valence-electron chi connectivity index (χ0n) is 18.7. The first-order valence-electron chi connectivity index (χ1n) is 10.5. The molecule has 3 aromatic rings. The largest absolute Gasteiger partial charge is 0.486 e. The highest BCUT2D eigenvalue weighted by Crippen LogP contribution is 2.32. The molecule has 0 saturated carbocycles. The number of nitrogens with zero attached hydrogens (tertiary/aromatic N) is 3. The first-order chi connectivity index (χ1) is 15.4. The lowest BCUT2D eigenvalue weighted by atomic mass is 10.1. The highest BCUT2D eigenvalue weighted by Gasteiger charge is 2.15. The number of amides is 1. The molecule has 1 aliphatic heterocycles. The monoisotopic (exact) mass is 433 g/mol. The molecule has 1 aromatic heterocycles. The van der Waals surface area contributed by atoms with Crippen LogP contribution < -0.4 is 20.1 Å². The summed E-state index contributed by atoms with van der Waals surface area (Å²) in [5, 5.41) is 10.6. The SMILES string of the molecule is Cc1cccc(C(=O)NC(=NCc2c(C)nn(C)c2C)Nc2ccc3c(c2)OCCO3)c1. The fourth-order valence-electron chi connectivity index (χ4n) is 3.54. The zero-order valence-corrected chi connectivity index (χ0v) is 18.7. The van der Waals surface area contributed by atoms with Crippen LogP contribution in [0.4, 0.5) is 5.69 Å². The van der Waals surface area contributed by atoms with E-state index in [0.717, 1.165) is 28.2 Å². The number of rotatable bonds is 4. The Morgan fingerprint density at radius 3 is 2.59 bits per heavy atom. The molecule has 0 fully saturated rings. The van der Waals surface area contributed by atoms with Crippen molar-refractivity contribution in [3.05, 3.63) is 70.5 Å². The third-order valence-corrected chi connectivity index (χ3v) is 5.37. The van der Waals surface area contributed by atoms with E-state index in [1.807, 2.05) is 68.9 Å². The van der Waals surface area contributed by atoms with Crippen LogP contribution in [0.3, 0.4) is 0 Å². The Morgan fingerprint density at radius 2 is 1.88 bits per heavy atom. The van der Waals surface area contributed by atoms with Gasteiger partial charge < -0.3 is 14.8 Å². The number of hydrogen-bond acceptors (Lipinski definition) is 5. The second kappa shape index (κ2) is 9.13. The lowest BCUT2D eigenvalue weighted by Crippen LogP contribution is -2.36. The lowest BCUT2D eigenvalue weighted by Gasteiger charge is -2.19. The van der Waals surface area contributed by atoms with Crippen LogP contribution >= 0.6 is 0 Å². The van der Waals surface area contributed by atoms with Crippen molar-refractivity contribution in [1.29, 1.82) is 0 Å². The van der Waals surface area contributed by atoms with Crippen molar-refractivity contribution >= 4 is 17.6 Å². The summed E-state index contributed by atoms with van der Waals surface area (Å²) in [4.78, 5) is 17.6. The Labute approximate surface area is 187 Å². The summed E-state index contributed by atoms with van der Waals surface area (Å²) >= 11 is 0. The van der Waals surface area contributed by atoms with Gasteiger partial charge >= 0.3 is 0 Å². The van der Waals surface area contributed by atoms with E-state index in [1.165, 1.54) is 0 Å². The lowest BCUT2D eigenvalue weighted by molar-refractivity contribution is 0.0977. The topological polar surface area (TPSA) is 89.8 Å². The zero-order chi connectivity index (χ0) is 22.7. The molecular formula is C24H27N5O3. The summed E-state index contributed by atoms with van der Waals surface area (Å²) < 4.78 is 13.1. The molecule has 32 heavy (non-hydrogen) atoms. The summed E-state index contributed by atoms with van der Waals surface area (Å²) in [5.41, 5.74) is 5.29. The van der Waals surface area contributed by atoms with E-state index in [2.05, 4.69) is 20.7 Å². The molecule has 0 unspecified atom stereocenters. The van der Waals surface area contributed by atoms with Crippen molar-refractivity contribution in [2.45, 2.75) is 27.3 Å². The normalized spacial score (nSPS) is 13.1. The highest BCUT2D eigenvalue weighted by atomic mass is 16.6. The Bertz CT molecular complexity index is 1180. The number of nitrogens with one attached hydrogen (secondary N) is 2. The standard InChI is InChI=1S/C24H27N5O3/c1-15-6-5-7-18(12-15)23(30)27-24(25-14-20-16(2)28-29(4)17(20)3)26-19-8-9-21-22(13-19)32-11-10-31-21/h5-9,12-13H,10-11,14H2,1-4H3,(H2,25,26,27,30). The van der Waals surface area contributed by atoms with Gasteiger partial charge in [-0.05, 0) is 45.0 Å². The van der Waals surface area contributed by atoms with Gasteiger partial charge in [0.2, 0.25) is 5.96 Å². The molecule has 0 radical (unpaired) electrons. The van der Waals surface area contributed by atoms with Crippen molar-refractivity contribution in [3.8, 4) is 11.5 Å². The van der Waals surface area contributed by atoms with Gasteiger partial charge in [-0.15, -0.1) is 0 Å². The molecule has 8 heteroatoms. The van der Waals surface area contributed by atoms with Gasteiger partial charge in [0.25, 0.3) is 5.91 Å². The number of hydrogen-bond donors (Lipinski definition) is 2. The number of aryl methyl sites for hydroxylation is 3. The molecule has 2 aromatic carbocycles. The number of aromatic nitrogens is 2. The van der Waals surface area contributed by atoms with E-state index in [-0.39, 0.29) is 5.91 Å². The number of anilines is 1. The molecule has 0 atom stereocenters. The molecule has 0 aliphatic carbocycles. The van der Waals surface area contributed by atoms with Gasteiger partial charge in [0.15, 0.2) is 11.5 Å². The van der Waals surface area contributed by atoms with Gasteiger partial charge in [-0.2, -0.15) is 5.10 Å². The molecule has 0 saturated heterocycles. The van der Waals surface area contributed by atoms with E-state index < -0.39 is 0 Å². The summed E-state index contributed by atoms with van der Waals surface area (Å²) in [7, 11) is 1.91. The number of carbonyl (C=O) groups is 1. The van der Waals surface area contributed by atoms with Gasteiger partial charge in [-0.3, -0.25) is 14.8 Å². The van der Waals surface area contributed by atoms with Gasteiger partial charge in [0.1, 0.15) is 13.2 Å². The third-order valence-electron chi connectivity index (χ3n) is 5.37. The van der Waals surface area contributed by atoms with Crippen LogP contribution in [0.5, 0.6) is 11.5 Å². The molecule has 1 aliphatic rings. The van der Waals surface area contributed by atoms with E-state index in [1.54, 1.807) is 6.07 Å². The number of guanidine groups is 1. The molecule has 1 amide bonds. The number of carbonyl (C=O) groups excluding carboxylic acids is 1. The van der Waals surface area contributed by atoms with Crippen LogP contribution in [0.15, 0.2) is 47.5 Å². The Morgan fingerprint density at radius 1 is 1.09 bits per heavy atom. The van der Waals surface area contributed by atoms with E-state index in [0.29, 0.717) is 42.8 Å². The van der Waals surface area contributed by atoms with Crippen LogP contribution in [0.2, 0.25) is 0 Å². The average molecular weight is 434 g/mol. The van der Waals surface area contributed by atoms with Crippen LogP contribution in [-0.4, -0.2) is 34.9 Å². The first kappa shape index (κ1) is 21.4.